The molecule has 3 nitrogen and oxygen atoms in total. The van der Waals surface area contributed by atoms with E-state index in [0.29, 0.717) is 0 Å². The Labute approximate surface area is 102 Å². The molecular weight excluding hydrogens is 274 g/mol. The summed E-state index contributed by atoms with van der Waals surface area (Å²) >= 11 is 0. The highest BCUT2D eigenvalue weighted by atomic mass is 32.2. The molecule has 0 saturated carbocycles. The Bertz CT molecular complexity index is 516. The first-order valence-corrected chi connectivity index (χ1v) is 6.72. The lowest BCUT2D eigenvalue weighted by Crippen LogP contribution is -2.35. The van der Waals surface area contributed by atoms with Crippen molar-refractivity contribution in [2.45, 2.75) is 17.2 Å². The van der Waals surface area contributed by atoms with Gasteiger partial charge in [0.2, 0.25) is 0 Å². The number of hydrogen-bond acceptors (Lipinski definition) is 3. The molecule has 8 heteroatoms. The molecule has 0 fully saturated rings. The molecule has 0 aromatic heterocycles. The first-order chi connectivity index (χ1) is 8.14. The largest absolute Gasteiger partial charge is 0.378 e. The van der Waals surface area contributed by atoms with Crippen molar-refractivity contribution in [3.05, 3.63) is 24.3 Å². The van der Waals surface area contributed by atoms with Crippen LogP contribution in [0.15, 0.2) is 29.2 Å². The van der Waals surface area contributed by atoms with E-state index in [0.717, 1.165) is 6.26 Å². The molecule has 0 bridgehead atoms. The SMILES string of the molecule is CS(=O)(=O)c1ccccc1NCC(F)(F)C(F)F. The van der Waals surface area contributed by atoms with Crippen LogP contribution in [0.1, 0.15) is 0 Å². The lowest BCUT2D eigenvalue weighted by Gasteiger charge is -2.17. The van der Waals surface area contributed by atoms with Gasteiger partial charge in [0.25, 0.3) is 0 Å². The van der Waals surface area contributed by atoms with E-state index < -0.39 is 28.7 Å². The Morgan fingerprint density at radius 2 is 1.83 bits per heavy atom. The van der Waals surface area contributed by atoms with E-state index in [1.165, 1.54) is 24.3 Å². The molecule has 0 atom stereocenters. The zero-order chi connectivity index (χ0) is 14.0. The molecule has 0 aliphatic heterocycles. The summed E-state index contributed by atoms with van der Waals surface area (Å²) in [5.41, 5.74) is -0.125. The average Bonchev–Trinajstić information content (AvgIpc) is 2.25. The molecule has 0 spiro atoms. The van der Waals surface area contributed by atoms with Crippen molar-refractivity contribution in [3.63, 3.8) is 0 Å². The lowest BCUT2D eigenvalue weighted by molar-refractivity contribution is -0.117. The van der Waals surface area contributed by atoms with Crippen molar-refractivity contribution in [2.24, 2.45) is 0 Å². The molecule has 0 radical (unpaired) electrons. The third-order valence-corrected chi connectivity index (χ3v) is 3.28. The quantitative estimate of drug-likeness (QED) is 0.845. The Balaban J connectivity index is 2.94. The van der Waals surface area contributed by atoms with E-state index in [-0.39, 0.29) is 10.6 Å². The Kier molecular flexibility index (Phi) is 4.20. The molecule has 0 aliphatic carbocycles. The summed E-state index contributed by atoms with van der Waals surface area (Å²) in [6.45, 7) is -1.34. The minimum atomic E-state index is -4.22. The average molecular weight is 285 g/mol. The summed E-state index contributed by atoms with van der Waals surface area (Å²) in [6.07, 6.45) is -2.91. The van der Waals surface area contributed by atoms with Gasteiger partial charge >= 0.3 is 12.3 Å². The summed E-state index contributed by atoms with van der Waals surface area (Å²) < 4.78 is 72.0. The summed E-state index contributed by atoms with van der Waals surface area (Å²) in [5, 5.41) is 2.03. The second-order valence-corrected chi connectivity index (χ2v) is 5.67. The fourth-order valence-electron chi connectivity index (χ4n) is 1.23. The van der Waals surface area contributed by atoms with Gasteiger partial charge in [-0.15, -0.1) is 0 Å². The number of sulfone groups is 1. The zero-order valence-corrected chi connectivity index (χ0v) is 10.1. The lowest BCUT2D eigenvalue weighted by atomic mass is 10.3. The molecule has 1 aromatic carbocycles. The maximum atomic E-state index is 12.7. The molecule has 1 N–H and O–H groups in total. The molecule has 0 heterocycles. The van der Waals surface area contributed by atoms with Crippen molar-refractivity contribution in [1.29, 1.82) is 0 Å². The van der Waals surface area contributed by atoms with Crippen LogP contribution in [0.5, 0.6) is 0 Å². The molecule has 1 rings (SSSR count). The first-order valence-electron chi connectivity index (χ1n) is 4.83. The predicted molar refractivity (Wildman–Crippen MR) is 59.0 cm³/mol. The molecule has 0 unspecified atom stereocenters. The molecule has 0 amide bonds. The van der Waals surface area contributed by atoms with Gasteiger partial charge in [0, 0.05) is 6.26 Å². The fraction of sp³-hybridized carbons (Fsp3) is 0.400. The number of halogens is 4. The molecule has 1 aromatic rings. The highest BCUT2D eigenvalue weighted by Gasteiger charge is 2.40. The number of anilines is 1. The van der Waals surface area contributed by atoms with Crippen LogP contribution >= 0.6 is 0 Å². The summed E-state index contributed by atoms with van der Waals surface area (Å²) in [4.78, 5) is -0.213. The van der Waals surface area contributed by atoms with Gasteiger partial charge in [-0.3, -0.25) is 0 Å². The highest BCUT2D eigenvalue weighted by molar-refractivity contribution is 7.90. The van der Waals surface area contributed by atoms with Crippen LogP contribution in [0.25, 0.3) is 0 Å². The minimum absolute atomic E-state index is 0.125. The normalized spacial score (nSPS) is 12.8. The number of rotatable bonds is 5. The Morgan fingerprint density at radius 1 is 1.28 bits per heavy atom. The van der Waals surface area contributed by atoms with E-state index in [1.54, 1.807) is 0 Å². The number of alkyl halides is 4. The Hall–Kier alpha value is -1.31. The van der Waals surface area contributed by atoms with Gasteiger partial charge in [-0.25, -0.2) is 17.2 Å². The van der Waals surface area contributed by atoms with Gasteiger partial charge in [0.15, 0.2) is 9.84 Å². The minimum Gasteiger partial charge on any atom is -0.378 e. The second kappa shape index (κ2) is 5.13. The van der Waals surface area contributed by atoms with Crippen LogP contribution in [0.2, 0.25) is 0 Å². The van der Waals surface area contributed by atoms with Gasteiger partial charge in [-0.05, 0) is 12.1 Å². The van der Waals surface area contributed by atoms with Crippen LogP contribution < -0.4 is 5.32 Å². The molecule has 0 aliphatic rings. The Morgan fingerprint density at radius 3 is 2.33 bits per heavy atom. The van der Waals surface area contributed by atoms with E-state index in [1.807, 2.05) is 5.32 Å². The van der Waals surface area contributed by atoms with Crippen molar-refractivity contribution >= 4 is 15.5 Å². The summed E-state index contributed by atoms with van der Waals surface area (Å²) in [7, 11) is -3.62. The molecule has 18 heavy (non-hydrogen) atoms. The van der Waals surface area contributed by atoms with Crippen LogP contribution in [0.4, 0.5) is 23.2 Å². The van der Waals surface area contributed by atoms with Crippen LogP contribution in [-0.2, 0) is 9.84 Å². The number of hydrogen-bond donors (Lipinski definition) is 1. The van der Waals surface area contributed by atoms with Crippen molar-refractivity contribution in [1.82, 2.24) is 0 Å². The second-order valence-electron chi connectivity index (χ2n) is 3.68. The topological polar surface area (TPSA) is 46.2 Å². The van der Waals surface area contributed by atoms with E-state index in [9.17, 15) is 26.0 Å². The molecule has 0 saturated heterocycles. The third-order valence-electron chi connectivity index (χ3n) is 2.12. The van der Waals surface area contributed by atoms with Gasteiger partial charge in [-0.2, -0.15) is 8.78 Å². The van der Waals surface area contributed by atoms with Crippen LogP contribution in [0.3, 0.4) is 0 Å². The van der Waals surface area contributed by atoms with Gasteiger partial charge in [0.05, 0.1) is 17.1 Å². The fourth-order valence-corrected chi connectivity index (χ4v) is 2.09. The van der Waals surface area contributed by atoms with E-state index in [4.69, 9.17) is 0 Å². The van der Waals surface area contributed by atoms with Gasteiger partial charge < -0.3 is 5.32 Å². The summed E-state index contributed by atoms with van der Waals surface area (Å²) in [5.74, 6) is -4.22. The maximum Gasteiger partial charge on any atom is 0.324 e. The highest BCUT2D eigenvalue weighted by Crippen LogP contribution is 2.26. The summed E-state index contributed by atoms with van der Waals surface area (Å²) in [6, 6.07) is 5.26. The maximum absolute atomic E-state index is 12.7. The van der Waals surface area contributed by atoms with Gasteiger partial charge in [0.1, 0.15) is 0 Å². The monoisotopic (exact) mass is 285 g/mol. The number of para-hydroxylation sites is 1. The first kappa shape index (κ1) is 14.7. The number of nitrogens with one attached hydrogen (secondary N) is 1. The number of benzene rings is 1. The third kappa shape index (κ3) is 3.59. The standard InChI is InChI=1S/C10H11F4NO2S/c1-18(16,17)8-5-3-2-4-7(8)15-6-10(13,14)9(11)12/h2-5,9,15H,6H2,1H3. The van der Waals surface area contributed by atoms with Crippen LogP contribution in [0, 0.1) is 0 Å². The smallest absolute Gasteiger partial charge is 0.324 e. The van der Waals surface area contributed by atoms with Crippen LogP contribution in [-0.4, -0.2) is 33.6 Å². The van der Waals surface area contributed by atoms with Crippen molar-refractivity contribution < 1.29 is 26.0 Å². The molecule has 102 valence electrons. The zero-order valence-electron chi connectivity index (χ0n) is 9.33. The van der Waals surface area contributed by atoms with Crippen molar-refractivity contribution in [2.75, 3.05) is 18.1 Å². The van der Waals surface area contributed by atoms with Gasteiger partial charge in [-0.1, -0.05) is 12.1 Å². The predicted octanol–water partition coefficient (Wildman–Crippen LogP) is 2.40. The van der Waals surface area contributed by atoms with Crippen molar-refractivity contribution in [3.8, 4) is 0 Å². The van der Waals surface area contributed by atoms with E-state index >= 15 is 0 Å². The molecular formula is C10H11F4NO2S. The van der Waals surface area contributed by atoms with E-state index in [2.05, 4.69) is 0 Å².